The Bertz CT molecular complexity index is 904. The molecule has 2 unspecified atom stereocenters. The van der Waals surface area contributed by atoms with E-state index >= 15 is 0 Å². The minimum absolute atomic E-state index is 0.464. The van der Waals surface area contributed by atoms with Gasteiger partial charge in [-0.2, -0.15) is 4.98 Å². The van der Waals surface area contributed by atoms with E-state index < -0.39 is 0 Å². The van der Waals surface area contributed by atoms with Gasteiger partial charge in [-0.15, -0.1) is 5.10 Å². The number of hydrogen-bond donors (Lipinski definition) is 2. The number of nitrogens with zero attached hydrogens (tertiary/aromatic N) is 4. The average molecular weight is 362 g/mol. The number of aromatic nitrogens is 3. The van der Waals surface area contributed by atoms with Crippen LogP contribution in [0.2, 0.25) is 0 Å². The third kappa shape index (κ3) is 3.95. The molecule has 1 fully saturated rings. The second-order valence-electron chi connectivity index (χ2n) is 7.34. The lowest BCUT2D eigenvalue weighted by Crippen LogP contribution is -2.54. The monoisotopic (exact) mass is 362 g/mol. The quantitative estimate of drug-likeness (QED) is 0.744. The minimum atomic E-state index is 0.464. The van der Waals surface area contributed by atoms with Crippen LogP contribution in [0.4, 0.5) is 17.3 Å². The second kappa shape index (κ2) is 7.40. The zero-order chi connectivity index (χ0) is 18.8. The Morgan fingerprint density at radius 1 is 1.07 bits per heavy atom. The summed E-state index contributed by atoms with van der Waals surface area (Å²) in [5.41, 5.74) is 4.46. The smallest absolute Gasteiger partial charge is 0.246 e. The molecule has 140 valence electrons. The molecule has 27 heavy (non-hydrogen) atoms. The van der Waals surface area contributed by atoms with Crippen molar-refractivity contribution in [2.45, 2.75) is 32.9 Å². The summed E-state index contributed by atoms with van der Waals surface area (Å²) in [4.78, 5) is 6.87. The van der Waals surface area contributed by atoms with Crippen molar-refractivity contribution in [3.8, 4) is 5.69 Å². The van der Waals surface area contributed by atoms with Gasteiger partial charge < -0.3 is 15.5 Å². The van der Waals surface area contributed by atoms with E-state index in [2.05, 4.69) is 64.6 Å². The van der Waals surface area contributed by atoms with Crippen LogP contribution in [0.15, 0.2) is 54.9 Å². The maximum Gasteiger partial charge on any atom is 0.246 e. The first-order valence-electron chi connectivity index (χ1n) is 9.44. The molecule has 1 aromatic heterocycles. The summed E-state index contributed by atoms with van der Waals surface area (Å²) in [6, 6.07) is 17.5. The van der Waals surface area contributed by atoms with Crippen LogP contribution in [0.5, 0.6) is 0 Å². The Hall–Kier alpha value is -2.86. The molecule has 4 rings (SSSR count). The lowest BCUT2D eigenvalue weighted by molar-refractivity contribution is 0.425. The standard InChI is InChI=1S/C21H26N6/c1-15-9-18(11-20(10-15)26-13-16(2)22-12-17(26)3)24-21-23-14-27(25-21)19-7-5-4-6-8-19/h4-11,14,16-17,22H,12-13H2,1-3H3,(H,24,25). The molecule has 3 aromatic rings. The van der Waals surface area contributed by atoms with E-state index in [9.17, 15) is 0 Å². The van der Waals surface area contributed by atoms with Gasteiger partial charge >= 0.3 is 0 Å². The maximum atomic E-state index is 4.55. The lowest BCUT2D eigenvalue weighted by atomic mass is 10.1. The first-order valence-corrected chi connectivity index (χ1v) is 9.44. The topological polar surface area (TPSA) is 58.0 Å². The van der Waals surface area contributed by atoms with Crippen molar-refractivity contribution in [3.05, 3.63) is 60.4 Å². The number of aryl methyl sites for hydroxylation is 1. The number of benzene rings is 2. The van der Waals surface area contributed by atoms with Crippen LogP contribution in [0.25, 0.3) is 5.69 Å². The van der Waals surface area contributed by atoms with E-state index in [-0.39, 0.29) is 0 Å². The zero-order valence-electron chi connectivity index (χ0n) is 16.1. The molecule has 2 atom stereocenters. The Morgan fingerprint density at radius 2 is 1.89 bits per heavy atom. The molecule has 1 aliphatic heterocycles. The molecule has 6 heteroatoms. The van der Waals surface area contributed by atoms with Gasteiger partial charge in [0.05, 0.1) is 5.69 Å². The van der Waals surface area contributed by atoms with Gasteiger partial charge in [0.15, 0.2) is 0 Å². The van der Waals surface area contributed by atoms with Gasteiger partial charge in [-0.05, 0) is 56.7 Å². The molecule has 6 nitrogen and oxygen atoms in total. The van der Waals surface area contributed by atoms with E-state index in [0.29, 0.717) is 18.0 Å². The van der Waals surface area contributed by atoms with Crippen LogP contribution in [0.3, 0.4) is 0 Å². The van der Waals surface area contributed by atoms with Gasteiger partial charge in [-0.1, -0.05) is 18.2 Å². The zero-order valence-corrected chi connectivity index (χ0v) is 16.1. The van der Waals surface area contributed by atoms with Gasteiger partial charge in [0.2, 0.25) is 5.95 Å². The number of nitrogens with one attached hydrogen (secondary N) is 2. The number of anilines is 3. The van der Waals surface area contributed by atoms with Crippen molar-refractivity contribution < 1.29 is 0 Å². The molecule has 0 saturated carbocycles. The maximum absolute atomic E-state index is 4.55. The average Bonchev–Trinajstić information content (AvgIpc) is 3.12. The third-order valence-corrected chi connectivity index (χ3v) is 4.93. The highest BCUT2D eigenvalue weighted by molar-refractivity contribution is 5.64. The van der Waals surface area contributed by atoms with Crippen LogP contribution < -0.4 is 15.5 Å². The first kappa shape index (κ1) is 17.5. The van der Waals surface area contributed by atoms with Gasteiger partial charge in [0.1, 0.15) is 6.33 Å². The molecule has 1 aliphatic rings. The summed E-state index contributed by atoms with van der Waals surface area (Å²) in [5, 5.41) is 11.4. The normalized spacial score (nSPS) is 19.9. The SMILES string of the molecule is Cc1cc(Nc2ncn(-c3ccccc3)n2)cc(N2CC(C)NCC2C)c1. The largest absolute Gasteiger partial charge is 0.366 e. The van der Waals surface area contributed by atoms with Gasteiger partial charge in [0.25, 0.3) is 0 Å². The Labute approximate surface area is 160 Å². The molecule has 0 radical (unpaired) electrons. The lowest BCUT2D eigenvalue weighted by Gasteiger charge is -2.39. The van der Waals surface area contributed by atoms with Crippen molar-refractivity contribution in [1.82, 2.24) is 20.1 Å². The molecule has 0 bridgehead atoms. The first-order chi connectivity index (χ1) is 13.1. The van der Waals surface area contributed by atoms with Crippen molar-refractivity contribution in [2.75, 3.05) is 23.3 Å². The van der Waals surface area contributed by atoms with E-state index in [1.807, 2.05) is 30.3 Å². The fraction of sp³-hybridized carbons (Fsp3) is 0.333. The van der Waals surface area contributed by atoms with E-state index in [0.717, 1.165) is 24.5 Å². The highest BCUT2D eigenvalue weighted by Gasteiger charge is 2.23. The van der Waals surface area contributed by atoms with Crippen molar-refractivity contribution in [1.29, 1.82) is 0 Å². The molecular formula is C21H26N6. The minimum Gasteiger partial charge on any atom is -0.366 e. The Morgan fingerprint density at radius 3 is 2.70 bits per heavy atom. The Balaban J connectivity index is 1.56. The summed E-state index contributed by atoms with van der Waals surface area (Å²) in [6.07, 6.45) is 1.73. The van der Waals surface area contributed by atoms with Gasteiger partial charge in [-0.25, -0.2) is 4.68 Å². The molecule has 2 N–H and O–H groups in total. The number of hydrogen-bond acceptors (Lipinski definition) is 5. The van der Waals surface area contributed by atoms with E-state index in [1.165, 1.54) is 11.3 Å². The summed E-state index contributed by atoms with van der Waals surface area (Å²) in [5.74, 6) is 0.595. The second-order valence-corrected chi connectivity index (χ2v) is 7.34. The molecular weight excluding hydrogens is 336 g/mol. The van der Waals surface area contributed by atoms with Crippen LogP contribution in [0, 0.1) is 6.92 Å². The molecule has 0 aliphatic carbocycles. The van der Waals surface area contributed by atoms with Crippen molar-refractivity contribution in [2.24, 2.45) is 0 Å². The van der Waals surface area contributed by atoms with Gasteiger partial charge in [0, 0.05) is 36.5 Å². The highest BCUT2D eigenvalue weighted by Crippen LogP contribution is 2.27. The summed E-state index contributed by atoms with van der Waals surface area (Å²) >= 11 is 0. The molecule has 0 spiro atoms. The number of piperazine rings is 1. The summed E-state index contributed by atoms with van der Waals surface area (Å²) in [6.45, 7) is 8.62. The van der Waals surface area contributed by atoms with Crippen LogP contribution in [-0.2, 0) is 0 Å². The van der Waals surface area contributed by atoms with Gasteiger partial charge in [-0.3, -0.25) is 0 Å². The number of rotatable bonds is 4. The fourth-order valence-electron chi connectivity index (χ4n) is 3.54. The van der Waals surface area contributed by atoms with E-state index in [4.69, 9.17) is 0 Å². The van der Waals surface area contributed by atoms with E-state index in [1.54, 1.807) is 11.0 Å². The van der Waals surface area contributed by atoms with Crippen LogP contribution >= 0.6 is 0 Å². The third-order valence-electron chi connectivity index (χ3n) is 4.93. The Kier molecular flexibility index (Phi) is 4.81. The van der Waals surface area contributed by atoms with Crippen LogP contribution in [-0.4, -0.2) is 39.9 Å². The summed E-state index contributed by atoms with van der Waals surface area (Å²) < 4.78 is 1.78. The molecule has 2 heterocycles. The molecule has 0 amide bonds. The summed E-state index contributed by atoms with van der Waals surface area (Å²) in [7, 11) is 0. The predicted molar refractivity (Wildman–Crippen MR) is 110 cm³/mol. The van der Waals surface area contributed by atoms with Crippen molar-refractivity contribution in [3.63, 3.8) is 0 Å². The molecule has 1 saturated heterocycles. The van der Waals surface area contributed by atoms with Crippen LogP contribution in [0.1, 0.15) is 19.4 Å². The molecule has 2 aromatic carbocycles. The number of para-hydroxylation sites is 1. The fourth-order valence-corrected chi connectivity index (χ4v) is 3.54. The predicted octanol–water partition coefficient (Wildman–Crippen LogP) is 3.51. The highest BCUT2D eigenvalue weighted by atomic mass is 15.4. The van der Waals surface area contributed by atoms with Crippen molar-refractivity contribution >= 4 is 17.3 Å².